The lowest BCUT2D eigenvalue weighted by Gasteiger charge is -2.16. The molecule has 0 spiro atoms. The summed E-state index contributed by atoms with van der Waals surface area (Å²) < 4.78 is 5.39. The Bertz CT molecular complexity index is 550. The van der Waals surface area contributed by atoms with Crippen LogP contribution in [-0.2, 0) is 4.79 Å². The fourth-order valence-electron chi connectivity index (χ4n) is 1.41. The maximum atomic E-state index is 11.8. The number of aromatic nitrogens is 1. The smallest absolute Gasteiger partial charge is 0.316 e. The minimum atomic E-state index is -0.517. The summed E-state index contributed by atoms with van der Waals surface area (Å²) in [6.45, 7) is 5.48. The number of carbonyl (C=O) groups is 1. The summed E-state index contributed by atoms with van der Waals surface area (Å²) in [5.41, 5.74) is 0.198. The zero-order valence-electron chi connectivity index (χ0n) is 10.2. The highest BCUT2D eigenvalue weighted by Crippen LogP contribution is 2.25. The molecular formula is C14H15NO2. The van der Waals surface area contributed by atoms with E-state index >= 15 is 0 Å². The van der Waals surface area contributed by atoms with Gasteiger partial charge in [0.05, 0.1) is 5.41 Å². The number of esters is 1. The number of hydrogen-bond donors (Lipinski definition) is 0. The molecule has 0 unspecified atom stereocenters. The van der Waals surface area contributed by atoms with Gasteiger partial charge in [0, 0.05) is 11.6 Å². The zero-order chi connectivity index (χ0) is 12.5. The molecule has 0 atom stereocenters. The van der Waals surface area contributed by atoms with Crippen LogP contribution >= 0.6 is 0 Å². The number of carbonyl (C=O) groups excluding carboxylic acids is 1. The van der Waals surface area contributed by atoms with Gasteiger partial charge in [-0.3, -0.25) is 9.78 Å². The molecule has 1 aromatic heterocycles. The second-order valence-corrected chi connectivity index (χ2v) is 4.97. The van der Waals surface area contributed by atoms with Crippen molar-refractivity contribution in [1.29, 1.82) is 0 Å². The van der Waals surface area contributed by atoms with E-state index in [2.05, 4.69) is 4.98 Å². The van der Waals surface area contributed by atoms with Gasteiger partial charge in [0.25, 0.3) is 0 Å². The van der Waals surface area contributed by atoms with Gasteiger partial charge in [-0.25, -0.2) is 0 Å². The van der Waals surface area contributed by atoms with E-state index < -0.39 is 5.41 Å². The number of fused-ring (bicyclic) bond motifs is 1. The molecule has 0 fully saturated rings. The SMILES string of the molecule is CC(C)(C)C(=O)Oc1cccc2cccnc12. The molecule has 0 saturated heterocycles. The number of pyridine rings is 1. The molecule has 3 heteroatoms. The van der Waals surface area contributed by atoms with Crippen molar-refractivity contribution in [1.82, 2.24) is 4.98 Å². The van der Waals surface area contributed by atoms with E-state index in [0.29, 0.717) is 11.3 Å². The van der Waals surface area contributed by atoms with Crippen molar-refractivity contribution in [3.63, 3.8) is 0 Å². The van der Waals surface area contributed by atoms with E-state index in [1.807, 2.05) is 45.0 Å². The van der Waals surface area contributed by atoms with Crippen molar-refractivity contribution in [2.45, 2.75) is 20.8 Å². The van der Waals surface area contributed by atoms with Gasteiger partial charge < -0.3 is 4.74 Å². The normalized spacial score (nSPS) is 11.5. The summed E-state index contributed by atoms with van der Waals surface area (Å²) in [6.07, 6.45) is 1.69. The van der Waals surface area contributed by atoms with Crippen LogP contribution in [-0.4, -0.2) is 11.0 Å². The number of benzene rings is 1. The first-order chi connectivity index (χ1) is 7.98. The minimum Gasteiger partial charge on any atom is -0.424 e. The fraction of sp³-hybridized carbons (Fsp3) is 0.286. The molecule has 0 saturated carbocycles. The van der Waals surface area contributed by atoms with Gasteiger partial charge in [0.2, 0.25) is 0 Å². The van der Waals surface area contributed by atoms with E-state index in [4.69, 9.17) is 4.74 Å². The van der Waals surface area contributed by atoms with Crippen molar-refractivity contribution in [3.8, 4) is 5.75 Å². The molecule has 0 aliphatic carbocycles. The lowest BCUT2D eigenvalue weighted by atomic mass is 9.97. The van der Waals surface area contributed by atoms with Gasteiger partial charge in [-0.2, -0.15) is 0 Å². The number of rotatable bonds is 1. The molecule has 3 nitrogen and oxygen atoms in total. The quantitative estimate of drug-likeness (QED) is 0.557. The fourth-order valence-corrected chi connectivity index (χ4v) is 1.41. The Kier molecular flexibility index (Phi) is 2.84. The van der Waals surface area contributed by atoms with E-state index in [1.54, 1.807) is 12.3 Å². The molecule has 2 aromatic rings. The Morgan fingerprint density at radius 1 is 1.18 bits per heavy atom. The predicted octanol–water partition coefficient (Wildman–Crippen LogP) is 3.19. The van der Waals surface area contributed by atoms with Gasteiger partial charge in [-0.05, 0) is 32.9 Å². The lowest BCUT2D eigenvalue weighted by molar-refractivity contribution is -0.142. The number of hydrogen-bond acceptors (Lipinski definition) is 3. The second-order valence-electron chi connectivity index (χ2n) is 4.97. The van der Waals surface area contributed by atoms with Crippen molar-refractivity contribution < 1.29 is 9.53 Å². The van der Waals surface area contributed by atoms with E-state index in [1.165, 1.54) is 0 Å². The molecular weight excluding hydrogens is 214 g/mol. The monoisotopic (exact) mass is 229 g/mol. The van der Waals surface area contributed by atoms with Gasteiger partial charge in [-0.15, -0.1) is 0 Å². The Balaban J connectivity index is 2.40. The van der Waals surface area contributed by atoms with Crippen LogP contribution in [0, 0.1) is 5.41 Å². The molecule has 88 valence electrons. The molecule has 17 heavy (non-hydrogen) atoms. The van der Waals surface area contributed by atoms with Gasteiger partial charge >= 0.3 is 5.97 Å². The number of para-hydroxylation sites is 1. The topological polar surface area (TPSA) is 39.2 Å². The Morgan fingerprint density at radius 2 is 1.88 bits per heavy atom. The summed E-state index contributed by atoms with van der Waals surface area (Å²) in [6, 6.07) is 9.36. The first-order valence-electron chi connectivity index (χ1n) is 5.54. The zero-order valence-corrected chi connectivity index (χ0v) is 10.2. The van der Waals surface area contributed by atoms with Crippen LogP contribution in [0.3, 0.4) is 0 Å². The molecule has 0 aliphatic rings. The van der Waals surface area contributed by atoms with Gasteiger partial charge in [-0.1, -0.05) is 18.2 Å². The molecule has 1 heterocycles. The summed E-state index contributed by atoms with van der Waals surface area (Å²) >= 11 is 0. The highest BCUT2D eigenvalue weighted by Gasteiger charge is 2.24. The Hall–Kier alpha value is -1.90. The standard InChI is InChI=1S/C14H15NO2/c1-14(2,3)13(16)17-11-8-4-6-10-7-5-9-15-12(10)11/h4-9H,1-3H3. The highest BCUT2D eigenvalue weighted by molar-refractivity contribution is 5.88. The maximum absolute atomic E-state index is 11.8. The van der Waals surface area contributed by atoms with Crippen LogP contribution in [0.15, 0.2) is 36.5 Å². The molecule has 0 radical (unpaired) electrons. The van der Waals surface area contributed by atoms with Gasteiger partial charge in [0.15, 0.2) is 5.75 Å². The average molecular weight is 229 g/mol. The van der Waals surface area contributed by atoms with E-state index in [0.717, 1.165) is 5.39 Å². The molecule has 0 aliphatic heterocycles. The lowest BCUT2D eigenvalue weighted by Crippen LogP contribution is -2.25. The van der Waals surface area contributed by atoms with Crippen molar-refractivity contribution in [2.24, 2.45) is 5.41 Å². The third-order valence-corrected chi connectivity index (χ3v) is 2.41. The summed E-state index contributed by atoms with van der Waals surface area (Å²) in [5.74, 6) is 0.263. The van der Waals surface area contributed by atoms with Crippen molar-refractivity contribution in [3.05, 3.63) is 36.5 Å². The summed E-state index contributed by atoms with van der Waals surface area (Å²) in [5, 5.41) is 0.965. The second kappa shape index (κ2) is 4.17. The third kappa shape index (κ3) is 2.44. The van der Waals surface area contributed by atoms with Crippen LogP contribution in [0.4, 0.5) is 0 Å². The van der Waals surface area contributed by atoms with Crippen molar-refractivity contribution >= 4 is 16.9 Å². The first-order valence-corrected chi connectivity index (χ1v) is 5.54. The van der Waals surface area contributed by atoms with Crippen LogP contribution in [0.5, 0.6) is 5.75 Å². The Morgan fingerprint density at radius 3 is 2.59 bits per heavy atom. The number of nitrogens with zero attached hydrogens (tertiary/aromatic N) is 1. The molecule has 0 N–H and O–H groups in total. The van der Waals surface area contributed by atoms with Crippen LogP contribution in [0.25, 0.3) is 10.9 Å². The minimum absolute atomic E-state index is 0.254. The highest BCUT2D eigenvalue weighted by atomic mass is 16.5. The van der Waals surface area contributed by atoms with E-state index in [-0.39, 0.29) is 5.97 Å². The molecule has 2 rings (SSSR count). The largest absolute Gasteiger partial charge is 0.424 e. The molecule has 0 bridgehead atoms. The van der Waals surface area contributed by atoms with Crippen LogP contribution < -0.4 is 4.74 Å². The summed E-state index contributed by atoms with van der Waals surface area (Å²) in [4.78, 5) is 16.1. The summed E-state index contributed by atoms with van der Waals surface area (Å²) in [7, 11) is 0. The van der Waals surface area contributed by atoms with Crippen LogP contribution in [0.1, 0.15) is 20.8 Å². The third-order valence-electron chi connectivity index (χ3n) is 2.41. The molecule has 0 amide bonds. The van der Waals surface area contributed by atoms with Gasteiger partial charge in [0.1, 0.15) is 5.52 Å². The number of ether oxygens (including phenoxy) is 1. The van der Waals surface area contributed by atoms with Crippen molar-refractivity contribution in [2.75, 3.05) is 0 Å². The van der Waals surface area contributed by atoms with Crippen LogP contribution in [0.2, 0.25) is 0 Å². The Labute approximate surface area is 100 Å². The maximum Gasteiger partial charge on any atom is 0.316 e. The first kappa shape index (κ1) is 11.6. The predicted molar refractivity (Wildman–Crippen MR) is 66.8 cm³/mol. The average Bonchev–Trinajstić information content (AvgIpc) is 2.28. The van der Waals surface area contributed by atoms with E-state index in [9.17, 15) is 4.79 Å². The molecule has 1 aromatic carbocycles.